The number of para-hydroxylation sites is 1. The molecule has 0 saturated carbocycles. The predicted molar refractivity (Wildman–Crippen MR) is 62.6 cm³/mol. The van der Waals surface area contributed by atoms with E-state index in [1.165, 1.54) is 0 Å². The Morgan fingerprint density at radius 3 is 2.76 bits per heavy atom. The van der Waals surface area contributed by atoms with E-state index in [9.17, 15) is 4.79 Å². The molecule has 0 aliphatic rings. The lowest BCUT2D eigenvalue weighted by atomic mass is 10.1. The maximum Gasteiger partial charge on any atom is 0.344 e. The normalized spacial score (nSPS) is 11.1. The van der Waals surface area contributed by atoms with Gasteiger partial charge in [0.15, 0.2) is 6.61 Å². The number of benzene rings is 1. The van der Waals surface area contributed by atoms with Gasteiger partial charge in [-0.05, 0) is 26.0 Å². The maximum atomic E-state index is 11.1. The Labute approximate surface area is 99.7 Å². The van der Waals surface area contributed by atoms with E-state index < -0.39 is 5.97 Å². The average molecular weight is 237 g/mol. The van der Waals surface area contributed by atoms with Crippen LogP contribution in [0.1, 0.15) is 19.4 Å². The first kappa shape index (κ1) is 13.0. The molecule has 0 radical (unpaired) electrons. The number of carbonyl (C=O) groups is 1. The van der Waals surface area contributed by atoms with Gasteiger partial charge < -0.3 is 14.7 Å². The minimum Gasteiger partial charge on any atom is -0.481 e. The van der Waals surface area contributed by atoms with Gasteiger partial charge in [0.05, 0.1) is 12.3 Å². The molecule has 0 unspecified atom stereocenters. The number of esters is 1. The molecule has 1 rings (SSSR count). The van der Waals surface area contributed by atoms with Crippen molar-refractivity contribution in [1.82, 2.24) is 0 Å². The van der Waals surface area contributed by atoms with Crippen LogP contribution in [-0.4, -0.2) is 30.1 Å². The first-order valence-electron chi connectivity index (χ1n) is 5.25. The minimum absolute atomic E-state index is 0.163. The van der Waals surface area contributed by atoms with E-state index in [4.69, 9.17) is 14.7 Å². The van der Waals surface area contributed by atoms with Crippen LogP contribution in [0.3, 0.4) is 0 Å². The fourth-order valence-electron chi connectivity index (χ4n) is 1.28. The molecule has 0 fully saturated rings. The molecule has 0 atom stereocenters. The van der Waals surface area contributed by atoms with Crippen molar-refractivity contribution in [3.05, 3.63) is 29.8 Å². The summed E-state index contributed by atoms with van der Waals surface area (Å²) in [5.74, 6) is 0.0525. The van der Waals surface area contributed by atoms with Gasteiger partial charge >= 0.3 is 5.97 Å². The Hall–Kier alpha value is -2.04. The van der Waals surface area contributed by atoms with Crippen molar-refractivity contribution < 1.29 is 19.5 Å². The summed E-state index contributed by atoms with van der Waals surface area (Å²) >= 11 is 0. The van der Waals surface area contributed by atoms with Crippen LogP contribution in [-0.2, 0) is 9.53 Å². The summed E-state index contributed by atoms with van der Waals surface area (Å²) in [5, 5.41) is 11.8. The zero-order valence-corrected chi connectivity index (χ0v) is 9.84. The van der Waals surface area contributed by atoms with Gasteiger partial charge in [0.2, 0.25) is 0 Å². The molecular weight excluding hydrogens is 222 g/mol. The molecule has 1 aromatic carbocycles. The van der Waals surface area contributed by atoms with Crippen LogP contribution in [0.25, 0.3) is 0 Å². The van der Waals surface area contributed by atoms with Gasteiger partial charge in [0, 0.05) is 5.56 Å². The molecular formula is C12H15NO4. The minimum atomic E-state index is -0.430. The van der Waals surface area contributed by atoms with E-state index >= 15 is 0 Å². The third-order valence-corrected chi connectivity index (χ3v) is 2.08. The van der Waals surface area contributed by atoms with Crippen LogP contribution < -0.4 is 4.74 Å². The molecule has 0 bridgehead atoms. The van der Waals surface area contributed by atoms with Crippen LogP contribution in [0.4, 0.5) is 0 Å². The number of hydrogen-bond donors (Lipinski definition) is 1. The summed E-state index contributed by atoms with van der Waals surface area (Å²) in [6.45, 7) is 3.53. The Kier molecular flexibility index (Phi) is 5.00. The quantitative estimate of drug-likeness (QED) is 0.367. The zero-order chi connectivity index (χ0) is 12.7. The molecule has 0 amide bonds. The third kappa shape index (κ3) is 3.79. The number of hydrogen-bond acceptors (Lipinski definition) is 5. The van der Waals surface area contributed by atoms with Crippen LogP contribution in [0, 0.1) is 0 Å². The first-order chi connectivity index (χ1) is 8.19. The highest BCUT2D eigenvalue weighted by Gasteiger charge is 2.09. The molecule has 5 heteroatoms. The standard InChI is InChI=1S/C12H15NO4/c1-3-16-12(14)8-17-11-7-5-4-6-10(11)9(2)13-15/h4-7,15H,3,8H2,1-2H3. The van der Waals surface area contributed by atoms with Gasteiger partial charge in [-0.15, -0.1) is 0 Å². The SMILES string of the molecule is CCOC(=O)COc1ccccc1C(C)=NO. The third-order valence-electron chi connectivity index (χ3n) is 2.08. The molecule has 1 aromatic rings. The Morgan fingerprint density at radius 2 is 2.12 bits per heavy atom. The fourth-order valence-corrected chi connectivity index (χ4v) is 1.28. The second-order valence-electron chi connectivity index (χ2n) is 3.28. The highest BCUT2D eigenvalue weighted by molar-refractivity contribution is 6.00. The monoisotopic (exact) mass is 237 g/mol. The van der Waals surface area contributed by atoms with Crippen molar-refractivity contribution in [2.75, 3.05) is 13.2 Å². The van der Waals surface area contributed by atoms with E-state index in [0.717, 1.165) is 0 Å². The van der Waals surface area contributed by atoms with E-state index in [1.807, 2.05) is 0 Å². The highest BCUT2D eigenvalue weighted by atomic mass is 16.6. The van der Waals surface area contributed by atoms with Gasteiger partial charge in [0.1, 0.15) is 5.75 Å². The lowest BCUT2D eigenvalue weighted by molar-refractivity contribution is -0.145. The van der Waals surface area contributed by atoms with Crippen molar-refractivity contribution in [3.8, 4) is 5.75 Å². The summed E-state index contributed by atoms with van der Waals surface area (Å²) in [5.41, 5.74) is 1.06. The molecule has 0 spiro atoms. The summed E-state index contributed by atoms with van der Waals surface area (Å²) in [6, 6.07) is 7.01. The molecule has 0 saturated heterocycles. The van der Waals surface area contributed by atoms with E-state index in [0.29, 0.717) is 23.6 Å². The maximum absolute atomic E-state index is 11.1. The lowest BCUT2D eigenvalue weighted by Crippen LogP contribution is -2.15. The first-order valence-corrected chi connectivity index (χ1v) is 5.25. The molecule has 5 nitrogen and oxygen atoms in total. The Morgan fingerprint density at radius 1 is 1.41 bits per heavy atom. The van der Waals surface area contributed by atoms with Gasteiger partial charge in [-0.1, -0.05) is 17.3 Å². The van der Waals surface area contributed by atoms with Crippen molar-refractivity contribution >= 4 is 11.7 Å². The average Bonchev–Trinajstić information content (AvgIpc) is 2.36. The van der Waals surface area contributed by atoms with Crippen molar-refractivity contribution in [2.45, 2.75) is 13.8 Å². The molecule has 92 valence electrons. The molecule has 17 heavy (non-hydrogen) atoms. The van der Waals surface area contributed by atoms with Crippen molar-refractivity contribution in [3.63, 3.8) is 0 Å². The number of rotatable bonds is 5. The highest BCUT2D eigenvalue weighted by Crippen LogP contribution is 2.18. The van der Waals surface area contributed by atoms with Gasteiger partial charge in [-0.3, -0.25) is 0 Å². The largest absolute Gasteiger partial charge is 0.481 e. The smallest absolute Gasteiger partial charge is 0.344 e. The number of oxime groups is 1. The lowest BCUT2D eigenvalue weighted by Gasteiger charge is -2.09. The molecule has 0 aromatic heterocycles. The summed E-state index contributed by atoms with van der Waals surface area (Å²) in [7, 11) is 0. The predicted octanol–water partition coefficient (Wildman–Crippen LogP) is 1.83. The number of ether oxygens (including phenoxy) is 2. The van der Waals surface area contributed by atoms with Gasteiger partial charge in [-0.2, -0.15) is 0 Å². The molecule has 1 N–H and O–H groups in total. The Balaban J connectivity index is 2.74. The van der Waals surface area contributed by atoms with Crippen molar-refractivity contribution in [2.24, 2.45) is 5.16 Å². The van der Waals surface area contributed by atoms with E-state index in [2.05, 4.69) is 5.16 Å². The molecule has 0 aliphatic heterocycles. The molecule has 0 heterocycles. The summed E-state index contributed by atoms with van der Waals surface area (Å²) in [4.78, 5) is 11.1. The van der Waals surface area contributed by atoms with Gasteiger partial charge in [0.25, 0.3) is 0 Å². The topological polar surface area (TPSA) is 68.1 Å². The van der Waals surface area contributed by atoms with Crippen LogP contribution >= 0.6 is 0 Å². The molecule has 0 aliphatic carbocycles. The van der Waals surface area contributed by atoms with Crippen LogP contribution in [0.15, 0.2) is 29.4 Å². The van der Waals surface area contributed by atoms with E-state index in [1.54, 1.807) is 38.1 Å². The van der Waals surface area contributed by atoms with Crippen LogP contribution in [0.5, 0.6) is 5.75 Å². The fraction of sp³-hybridized carbons (Fsp3) is 0.333. The van der Waals surface area contributed by atoms with Crippen LogP contribution in [0.2, 0.25) is 0 Å². The Bertz CT molecular complexity index is 415. The summed E-state index contributed by atoms with van der Waals surface area (Å²) in [6.07, 6.45) is 0. The van der Waals surface area contributed by atoms with Crippen molar-refractivity contribution in [1.29, 1.82) is 0 Å². The summed E-state index contributed by atoms with van der Waals surface area (Å²) < 4.78 is 10.1. The second-order valence-corrected chi connectivity index (χ2v) is 3.28. The number of carbonyl (C=O) groups excluding carboxylic acids is 1. The second kappa shape index (κ2) is 6.52. The van der Waals surface area contributed by atoms with E-state index in [-0.39, 0.29) is 6.61 Å². The zero-order valence-electron chi connectivity index (χ0n) is 9.84. The van der Waals surface area contributed by atoms with Gasteiger partial charge in [-0.25, -0.2) is 4.79 Å². The number of nitrogens with zero attached hydrogens (tertiary/aromatic N) is 1.